The van der Waals surface area contributed by atoms with Crippen molar-refractivity contribution in [3.63, 3.8) is 0 Å². The van der Waals surface area contributed by atoms with Gasteiger partial charge in [0.15, 0.2) is 11.1 Å². The minimum Gasteiger partial charge on any atom is -0.480 e. The van der Waals surface area contributed by atoms with Gasteiger partial charge in [-0.1, -0.05) is 11.6 Å². The first-order valence-electron chi connectivity index (χ1n) is 6.93. The summed E-state index contributed by atoms with van der Waals surface area (Å²) in [6, 6.07) is 5.01. The van der Waals surface area contributed by atoms with Crippen molar-refractivity contribution in [1.29, 1.82) is 0 Å². The maximum atomic E-state index is 14.2. The molecule has 2 heterocycles. The molecule has 0 atom stereocenters. The molecule has 0 aliphatic heterocycles. The van der Waals surface area contributed by atoms with Crippen molar-refractivity contribution < 1.29 is 19.1 Å². The van der Waals surface area contributed by atoms with Crippen molar-refractivity contribution in [3.8, 4) is 11.3 Å². The molecule has 0 aliphatic carbocycles. The molecule has 3 aromatic rings. The zero-order valence-electron chi connectivity index (χ0n) is 12.4. The summed E-state index contributed by atoms with van der Waals surface area (Å²) >= 11 is 5.73. The SMILES string of the molecule is O=C(O)CNC(=O)c1c(=O)cc(-c2ccc(Cl)cc2F)n2[nH]cnc12. The van der Waals surface area contributed by atoms with Gasteiger partial charge in [-0.15, -0.1) is 0 Å². The van der Waals surface area contributed by atoms with Gasteiger partial charge in [0.25, 0.3) is 5.91 Å². The molecule has 0 radical (unpaired) electrons. The van der Waals surface area contributed by atoms with Crippen molar-refractivity contribution >= 4 is 29.1 Å². The molecule has 10 heteroatoms. The molecule has 1 amide bonds. The largest absolute Gasteiger partial charge is 0.480 e. The van der Waals surface area contributed by atoms with E-state index in [0.717, 1.165) is 12.1 Å². The van der Waals surface area contributed by atoms with Crippen LogP contribution in [0.15, 0.2) is 35.4 Å². The van der Waals surface area contributed by atoms with Crippen molar-refractivity contribution in [2.75, 3.05) is 6.54 Å². The third kappa shape index (κ3) is 3.09. The molecule has 2 aromatic heterocycles. The van der Waals surface area contributed by atoms with Crippen LogP contribution in [0.2, 0.25) is 5.02 Å². The smallest absolute Gasteiger partial charge is 0.322 e. The average molecular weight is 365 g/mol. The van der Waals surface area contributed by atoms with Crippen LogP contribution in [0.1, 0.15) is 10.4 Å². The average Bonchev–Trinajstić information content (AvgIpc) is 3.01. The molecule has 25 heavy (non-hydrogen) atoms. The second kappa shape index (κ2) is 6.36. The molecule has 8 nitrogen and oxygen atoms in total. The van der Waals surface area contributed by atoms with Crippen LogP contribution >= 0.6 is 11.6 Å². The van der Waals surface area contributed by atoms with E-state index in [1.807, 2.05) is 0 Å². The number of amides is 1. The lowest BCUT2D eigenvalue weighted by Crippen LogP contribution is -2.33. The molecule has 3 rings (SSSR count). The van der Waals surface area contributed by atoms with Gasteiger partial charge in [-0.2, -0.15) is 0 Å². The van der Waals surface area contributed by atoms with Crippen molar-refractivity contribution in [2.45, 2.75) is 0 Å². The van der Waals surface area contributed by atoms with Crippen LogP contribution < -0.4 is 10.7 Å². The highest BCUT2D eigenvalue weighted by molar-refractivity contribution is 6.30. The number of benzene rings is 1. The Balaban J connectivity index is 2.18. The fourth-order valence-corrected chi connectivity index (χ4v) is 2.51. The predicted molar refractivity (Wildman–Crippen MR) is 86.2 cm³/mol. The fraction of sp³-hybridized carbons (Fsp3) is 0.0667. The number of carbonyl (C=O) groups excluding carboxylic acids is 1. The first-order chi connectivity index (χ1) is 11.9. The number of nitrogens with zero attached hydrogens (tertiary/aromatic N) is 2. The number of pyridine rings is 1. The van der Waals surface area contributed by atoms with Crippen LogP contribution in [-0.2, 0) is 4.79 Å². The maximum absolute atomic E-state index is 14.2. The Bertz CT molecular complexity index is 1060. The van der Waals surface area contributed by atoms with Crippen LogP contribution in [0.5, 0.6) is 0 Å². The van der Waals surface area contributed by atoms with E-state index in [2.05, 4.69) is 15.4 Å². The highest BCUT2D eigenvalue weighted by atomic mass is 35.5. The third-order valence-electron chi connectivity index (χ3n) is 3.40. The second-order valence-electron chi connectivity index (χ2n) is 5.02. The third-order valence-corrected chi connectivity index (χ3v) is 3.63. The molecular weight excluding hydrogens is 355 g/mol. The van der Waals surface area contributed by atoms with Gasteiger partial charge < -0.3 is 10.4 Å². The molecule has 0 bridgehead atoms. The highest BCUT2D eigenvalue weighted by Crippen LogP contribution is 2.25. The maximum Gasteiger partial charge on any atom is 0.322 e. The first-order valence-corrected chi connectivity index (χ1v) is 7.31. The normalized spacial score (nSPS) is 10.8. The lowest BCUT2D eigenvalue weighted by atomic mass is 10.1. The summed E-state index contributed by atoms with van der Waals surface area (Å²) in [5.41, 5.74) is -0.903. The minimum atomic E-state index is -1.26. The second-order valence-corrected chi connectivity index (χ2v) is 5.45. The zero-order chi connectivity index (χ0) is 18.1. The molecule has 0 aliphatic rings. The van der Waals surface area contributed by atoms with Crippen molar-refractivity contribution in [3.05, 3.63) is 57.2 Å². The molecule has 128 valence electrons. The molecule has 0 saturated heterocycles. The summed E-state index contributed by atoms with van der Waals surface area (Å²) in [7, 11) is 0. The van der Waals surface area contributed by atoms with Gasteiger partial charge in [-0.3, -0.25) is 19.5 Å². The standard InChI is InChI=1S/C15H10ClFN4O4/c16-7-1-2-8(9(17)3-7)10-4-11(22)13(14-19-6-20-21(10)14)15(25)18-5-12(23)24/h1-4,6H,5H2,(H,18,25)(H,19,20)(H,23,24). The Kier molecular flexibility index (Phi) is 4.24. The van der Waals surface area contributed by atoms with E-state index in [0.29, 0.717) is 0 Å². The number of hydrogen-bond donors (Lipinski definition) is 3. The lowest BCUT2D eigenvalue weighted by Gasteiger charge is -2.09. The number of carbonyl (C=O) groups is 2. The van der Waals surface area contributed by atoms with Gasteiger partial charge in [0.1, 0.15) is 24.3 Å². The number of nitrogens with one attached hydrogen (secondary N) is 2. The minimum absolute atomic E-state index is 0.0558. The number of carboxylic acid groups (broad SMARTS) is 1. The van der Waals surface area contributed by atoms with Gasteiger partial charge in [0.05, 0.1) is 5.69 Å². The highest BCUT2D eigenvalue weighted by Gasteiger charge is 2.21. The Morgan fingerprint density at radius 2 is 2.12 bits per heavy atom. The molecule has 0 unspecified atom stereocenters. The number of carboxylic acids is 1. The van der Waals surface area contributed by atoms with E-state index in [9.17, 15) is 18.8 Å². The van der Waals surface area contributed by atoms with Gasteiger partial charge in [-0.25, -0.2) is 13.9 Å². The summed E-state index contributed by atoms with van der Waals surface area (Å²) in [5.74, 6) is -2.80. The van der Waals surface area contributed by atoms with E-state index in [1.54, 1.807) is 0 Å². The first kappa shape index (κ1) is 16.7. The Labute approximate surface area is 143 Å². The Morgan fingerprint density at radius 1 is 1.36 bits per heavy atom. The number of rotatable bonds is 4. The fourth-order valence-electron chi connectivity index (χ4n) is 2.35. The van der Waals surface area contributed by atoms with Gasteiger partial charge in [-0.05, 0) is 18.2 Å². The zero-order valence-corrected chi connectivity index (χ0v) is 13.2. The quantitative estimate of drug-likeness (QED) is 0.645. The van der Waals surface area contributed by atoms with E-state index in [4.69, 9.17) is 16.7 Å². The molecule has 3 N–H and O–H groups in total. The lowest BCUT2D eigenvalue weighted by molar-refractivity contribution is -0.135. The number of halogens is 2. The van der Waals surface area contributed by atoms with E-state index < -0.39 is 29.7 Å². The Hall–Kier alpha value is -3.20. The number of aliphatic carboxylic acids is 1. The van der Waals surface area contributed by atoms with Crippen LogP contribution in [0, 0.1) is 5.82 Å². The van der Waals surface area contributed by atoms with E-state index >= 15 is 0 Å². The monoisotopic (exact) mass is 364 g/mol. The summed E-state index contributed by atoms with van der Waals surface area (Å²) < 4.78 is 15.4. The van der Waals surface area contributed by atoms with Crippen LogP contribution in [-0.4, -0.2) is 38.1 Å². The van der Waals surface area contributed by atoms with Gasteiger partial charge >= 0.3 is 5.97 Å². The number of aromatic amines is 1. The van der Waals surface area contributed by atoms with Gasteiger partial charge in [0.2, 0.25) is 0 Å². The summed E-state index contributed by atoms with van der Waals surface area (Å²) in [5, 5.41) is 13.6. The molecular formula is C15H10ClFN4O4. The molecule has 0 spiro atoms. The van der Waals surface area contributed by atoms with E-state index in [1.165, 1.54) is 23.0 Å². The summed E-state index contributed by atoms with van der Waals surface area (Å²) in [6.45, 7) is -0.650. The summed E-state index contributed by atoms with van der Waals surface area (Å²) in [4.78, 5) is 39.0. The van der Waals surface area contributed by atoms with Crippen LogP contribution in [0.25, 0.3) is 16.9 Å². The number of H-pyrrole nitrogens is 1. The number of hydrogen-bond acceptors (Lipinski definition) is 4. The topological polar surface area (TPSA) is 117 Å². The van der Waals surface area contributed by atoms with Gasteiger partial charge in [0, 0.05) is 16.7 Å². The predicted octanol–water partition coefficient (Wildman–Crippen LogP) is 1.30. The van der Waals surface area contributed by atoms with Crippen LogP contribution in [0.4, 0.5) is 4.39 Å². The van der Waals surface area contributed by atoms with Crippen molar-refractivity contribution in [1.82, 2.24) is 19.9 Å². The van der Waals surface area contributed by atoms with E-state index in [-0.39, 0.29) is 27.5 Å². The van der Waals surface area contributed by atoms with Crippen molar-refractivity contribution in [2.24, 2.45) is 0 Å². The molecule has 0 saturated carbocycles. The summed E-state index contributed by atoms with van der Waals surface area (Å²) in [6.07, 6.45) is 1.22. The number of aromatic nitrogens is 3. The van der Waals surface area contributed by atoms with Crippen LogP contribution in [0.3, 0.4) is 0 Å². The number of fused-ring (bicyclic) bond motifs is 1. The molecule has 1 aromatic carbocycles. The Morgan fingerprint density at radius 3 is 2.80 bits per heavy atom. The molecule has 0 fully saturated rings.